The standard InChI is InChI=1S/C15H23BrO3/c1-4-11(5-2)10-19-15-13(16)7-12(9-17)8-14(15)18-6-3/h7-8,11,17H,4-6,9-10H2,1-3H3. The van der Waals surface area contributed by atoms with Gasteiger partial charge in [-0.05, 0) is 46.5 Å². The molecular weight excluding hydrogens is 308 g/mol. The maximum atomic E-state index is 9.22. The van der Waals surface area contributed by atoms with Gasteiger partial charge in [-0.15, -0.1) is 0 Å². The first-order chi connectivity index (χ1) is 9.15. The third-order valence-corrected chi connectivity index (χ3v) is 3.76. The van der Waals surface area contributed by atoms with E-state index in [1.807, 2.05) is 19.1 Å². The van der Waals surface area contributed by atoms with Gasteiger partial charge < -0.3 is 14.6 Å². The molecule has 0 heterocycles. The summed E-state index contributed by atoms with van der Waals surface area (Å²) in [6, 6.07) is 3.70. The Morgan fingerprint density at radius 3 is 2.37 bits per heavy atom. The fourth-order valence-electron chi connectivity index (χ4n) is 1.84. The van der Waals surface area contributed by atoms with Crippen molar-refractivity contribution in [3.8, 4) is 11.5 Å². The highest BCUT2D eigenvalue weighted by atomic mass is 79.9. The Morgan fingerprint density at radius 1 is 1.16 bits per heavy atom. The van der Waals surface area contributed by atoms with Crippen molar-refractivity contribution in [1.82, 2.24) is 0 Å². The van der Waals surface area contributed by atoms with E-state index in [1.165, 1.54) is 0 Å². The minimum atomic E-state index is -0.00843. The van der Waals surface area contributed by atoms with Crippen molar-refractivity contribution in [2.45, 2.75) is 40.2 Å². The molecule has 0 fully saturated rings. The van der Waals surface area contributed by atoms with Crippen LogP contribution in [0.4, 0.5) is 0 Å². The van der Waals surface area contributed by atoms with Crippen LogP contribution < -0.4 is 9.47 Å². The van der Waals surface area contributed by atoms with Gasteiger partial charge >= 0.3 is 0 Å². The van der Waals surface area contributed by atoms with Gasteiger partial charge in [-0.25, -0.2) is 0 Å². The summed E-state index contributed by atoms with van der Waals surface area (Å²) in [6.45, 7) is 7.53. The first kappa shape index (κ1) is 16.3. The molecule has 0 spiro atoms. The van der Waals surface area contributed by atoms with Crippen molar-refractivity contribution < 1.29 is 14.6 Å². The SMILES string of the molecule is CCOc1cc(CO)cc(Br)c1OCC(CC)CC. The lowest BCUT2D eigenvalue weighted by atomic mass is 10.1. The van der Waals surface area contributed by atoms with Crippen LogP contribution in [-0.2, 0) is 6.61 Å². The molecule has 0 aromatic heterocycles. The highest BCUT2D eigenvalue weighted by molar-refractivity contribution is 9.10. The maximum Gasteiger partial charge on any atom is 0.175 e. The van der Waals surface area contributed by atoms with Gasteiger partial charge in [0.05, 0.1) is 24.3 Å². The summed E-state index contributed by atoms with van der Waals surface area (Å²) < 4.78 is 12.3. The molecular formula is C15H23BrO3. The topological polar surface area (TPSA) is 38.7 Å². The van der Waals surface area contributed by atoms with E-state index in [9.17, 15) is 5.11 Å². The molecule has 19 heavy (non-hydrogen) atoms. The van der Waals surface area contributed by atoms with E-state index in [2.05, 4.69) is 29.8 Å². The Morgan fingerprint density at radius 2 is 1.84 bits per heavy atom. The average molecular weight is 331 g/mol. The maximum absolute atomic E-state index is 9.22. The fourth-order valence-corrected chi connectivity index (χ4v) is 2.45. The number of aliphatic hydroxyl groups excluding tert-OH is 1. The molecule has 0 aliphatic carbocycles. The minimum Gasteiger partial charge on any atom is -0.490 e. The number of aliphatic hydroxyl groups is 1. The third-order valence-electron chi connectivity index (χ3n) is 3.17. The lowest BCUT2D eigenvalue weighted by Gasteiger charge is -2.18. The van der Waals surface area contributed by atoms with Crippen molar-refractivity contribution in [1.29, 1.82) is 0 Å². The number of benzene rings is 1. The van der Waals surface area contributed by atoms with Crippen LogP contribution in [0, 0.1) is 5.92 Å². The van der Waals surface area contributed by atoms with Gasteiger partial charge in [0.2, 0.25) is 0 Å². The first-order valence-electron chi connectivity index (χ1n) is 6.85. The van der Waals surface area contributed by atoms with Crippen molar-refractivity contribution in [3.63, 3.8) is 0 Å². The minimum absolute atomic E-state index is 0.00843. The molecule has 4 heteroatoms. The number of ether oxygens (including phenoxy) is 2. The van der Waals surface area contributed by atoms with E-state index in [0.29, 0.717) is 24.9 Å². The number of rotatable bonds is 8. The first-order valence-corrected chi connectivity index (χ1v) is 7.64. The Balaban J connectivity index is 2.91. The highest BCUT2D eigenvalue weighted by Gasteiger charge is 2.14. The number of halogens is 1. The Bertz CT molecular complexity index is 389. The second kappa shape index (κ2) is 8.43. The van der Waals surface area contributed by atoms with Crippen LogP contribution in [0.2, 0.25) is 0 Å². The smallest absolute Gasteiger partial charge is 0.175 e. The summed E-state index contributed by atoms with van der Waals surface area (Å²) in [6.07, 6.45) is 2.21. The monoisotopic (exact) mass is 330 g/mol. The lowest BCUT2D eigenvalue weighted by molar-refractivity contribution is 0.223. The van der Waals surface area contributed by atoms with Gasteiger partial charge in [-0.2, -0.15) is 0 Å². The van der Waals surface area contributed by atoms with Crippen LogP contribution >= 0.6 is 15.9 Å². The third kappa shape index (κ3) is 4.69. The van der Waals surface area contributed by atoms with E-state index < -0.39 is 0 Å². The van der Waals surface area contributed by atoms with E-state index in [4.69, 9.17) is 9.47 Å². The second-order valence-corrected chi connectivity index (χ2v) is 5.34. The molecule has 0 saturated heterocycles. The molecule has 108 valence electrons. The van der Waals surface area contributed by atoms with Crippen LogP contribution in [0.5, 0.6) is 11.5 Å². The molecule has 1 rings (SSSR count). The predicted molar refractivity (Wildman–Crippen MR) is 80.8 cm³/mol. The zero-order valence-corrected chi connectivity index (χ0v) is 13.5. The quantitative estimate of drug-likeness (QED) is 0.777. The van der Waals surface area contributed by atoms with Crippen molar-refractivity contribution >= 4 is 15.9 Å². The van der Waals surface area contributed by atoms with Crippen molar-refractivity contribution in [3.05, 3.63) is 22.2 Å². The summed E-state index contributed by atoms with van der Waals surface area (Å²) in [5, 5.41) is 9.22. The second-order valence-electron chi connectivity index (χ2n) is 4.49. The fraction of sp³-hybridized carbons (Fsp3) is 0.600. The number of hydrogen-bond acceptors (Lipinski definition) is 3. The predicted octanol–water partition coefficient (Wildman–Crippen LogP) is 4.16. The molecule has 0 aliphatic heterocycles. The van der Waals surface area contributed by atoms with Crippen LogP contribution in [0.25, 0.3) is 0 Å². The van der Waals surface area contributed by atoms with Crippen LogP contribution in [0.3, 0.4) is 0 Å². The molecule has 0 saturated carbocycles. The molecule has 0 radical (unpaired) electrons. The summed E-state index contributed by atoms with van der Waals surface area (Å²) in [7, 11) is 0. The van der Waals surface area contributed by atoms with Gasteiger partial charge in [0.25, 0.3) is 0 Å². The zero-order chi connectivity index (χ0) is 14.3. The van der Waals surface area contributed by atoms with E-state index in [0.717, 1.165) is 28.6 Å². The highest BCUT2D eigenvalue weighted by Crippen LogP contribution is 2.37. The van der Waals surface area contributed by atoms with E-state index in [-0.39, 0.29) is 6.61 Å². The molecule has 0 aliphatic rings. The molecule has 1 N–H and O–H groups in total. The van der Waals surface area contributed by atoms with Crippen LogP contribution in [0.15, 0.2) is 16.6 Å². The molecule has 1 aromatic carbocycles. The zero-order valence-electron chi connectivity index (χ0n) is 11.9. The molecule has 3 nitrogen and oxygen atoms in total. The number of hydrogen-bond donors (Lipinski definition) is 1. The Kier molecular flexibility index (Phi) is 7.24. The summed E-state index contributed by atoms with van der Waals surface area (Å²) in [4.78, 5) is 0. The molecule has 0 unspecified atom stereocenters. The largest absolute Gasteiger partial charge is 0.490 e. The van der Waals surface area contributed by atoms with Gasteiger partial charge in [-0.3, -0.25) is 0 Å². The van der Waals surface area contributed by atoms with E-state index >= 15 is 0 Å². The van der Waals surface area contributed by atoms with E-state index in [1.54, 1.807) is 0 Å². The Hall–Kier alpha value is -0.740. The molecule has 0 amide bonds. The van der Waals surface area contributed by atoms with Gasteiger partial charge in [0.15, 0.2) is 11.5 Å². The van der Waals surface area contributed by atoms with Crippen LogP contribution in [0.1, 0.15) is 39.2 Å². The van der Waals surface area contributed by atoms with Crippen LogP contribution in [-0.4, -0.2) is 18.3 Å². The normalized spacial score (nSPS) is 10.8. The van der Waals surface area contributed by atoms with Gasteiger partial charge in [0.1, 0.15) is 0 Å². The van der Waals surface area contributed by atoms with Gasteiger partial charge in [-0.1, -0.05) is 26.7 Å². The summed E-state index contributed by atoms with van der Waals surface area (Å²) in [5.41, 5.74) is 0.810. The van der Waals surface area contributed by atoms with Gasteiger partial charge in [0, 0.05) is 0 Å². The lowest BCUT2D eigenvalue weighted by Crippen LogP contribution is -2.11. The molecule has 0 atom stereocenters. The average Bonchev–Trinajstić information content (AvgIpc) is 2.42. The Labute approximate surface area is 124 Å². The molecule has 0 bridgehead atoms. The van der Waals surface area contributed by atoms with Crippen molar-refractivity contribution in [2.75, 3.05) is 13.2 Å². The van der Waals surface area contributed by atoms with Crippen molar-refractivity contribution in [2.24, 2.45) is 5.92 Å². The summed E-state index contributed by atoms with van der Waals surface area (Å²) >= 11 is 3.49. The molecule has 1 aromatic rings. The summed E-state index contributed by atoms with van der Waals surface area (Å²) in [5.74, 6) is 1.97.